The van der Waals surface area contributed by atoms with Crippen molar-refractivity contribution in [3.63, 3.8) is 0 Å². The van der Waals surface area contributed by atoms with Crippen molar-refractivity contribution in [2.45, 2.75) is 38.5 Å². The smallest absolute Gasteiger partial charge is 0.307 e. The topological polar surface area (TPSA) is 61.5 Å². The van der Waals surface area contributed by atoms with Gasteiger partial charge in [-0.15, -0.1) is 0 Å². The lowest BCUT2D eigenvalue weighted by molar-refractivity contribution is -0.154. The Bertz CT molecular complexity index is 640. The molecule has 2 N–H and O–H groups in total. The molecule has 0 spiro atoms. The minimum atomic E-state index is -0.189. The van der Waals surface area contributed by atoms with Gasteiger partial charge in [-0.1, -0.05) is 49.2 Å². The lowest BCUT2D eigenvalue weighted by atomic mass is 9.99. The molecule has 0 radical (unpaired) electrons. The highest BCUT2D eigenvalue weighted by molar-refractivity contribution is 5.94. The van der Waals surface area contributed by atoms with Crippen LogP contribution in [0.5, 0.6) is 0 Å². The van der Waals surface area contributed by atoms with E-state index in [4.69, 9.17) is 15.2 Å². The van der Waals surface area contributed by atoms with Gasteiger partial charge in [-0.05, 0) is 30.2 Å². The van der Waals surface area contributed by atoms with Crippen LogP contribution in [0.4, 0.5) is 5.69 Å². The summed E-state index contributed by atoms with van der Waals surface area (Å²) >= 11 is 0. The van der Waals surface area contributed by atoms with E-state index in [9.17, 15) is 4.79 Å². The third-order valence-electron chi connectivity index (χ3n) is 3.98. The van der Waals surface area contributed by atoms with Crippen LogP contribution in [-0.4, -0.2) is 19.9 Å². The Balaban J connectivity index is 1.71. The van der Waals surface area contributed by atoms with Crippen LogP contribution in [0, 0.1) is 0 Å². The number of ether oxygens (including phenoxy) is 2. The molecule has 0 saturated carbocycles. The number of fused-ring (bicyclic) bond motifs is 1. The van der Waals surface area contributed by atoms with Crippen molar-refractivity contribution in [3.8, 4) is 0 Å². The molecule has 0 unspecified atom stereocenters. The van der Waals surface area contributed by atoms with Crippen LogP contribution in [0.2, 0.25) is 0 Å². The summed E-state index contributed by atoms with van der Waals surface area (Å²) in [5, 5.41) is 2.31. The average molecular weight is 315 g/mol. The van der Waals surface area contributed by atoms with E-state index < -0.39 is 0 Å². The molecule has 23 heavy (non-hydrogen) atoms. The molecule has 2 aromatic rings. The van der Waals surface area contributed by atoms with Gasteiger partial charge in [0.1, 0.15) is 0 Å². The lowest BCUT2D eigenvalue weighted by Gasteiger charge is -2.09. The summed E-state index contributed by atoms with van der Waals surface area (Å²) in [6.07, 6.45) is 5.48. The number of carbonyl (C=O) groups is 1. The van der Waals surface area contributed by atoms with Gasteiger partial charge in [0.25, 0.3) is 0 Å². The first-order valence-electron chi connectivity index (χ1n) is 8.13. The molecule has 0 aromatic heterocycles. The molecule has 0 saturated heterocycles. The van der Waals surface area contributed by atoms with E-state index in [2.05, 4.69) is 24.3 Å². The zero-order valence-corrected chi connectivity index (χ0v) is 13.7. The number of benzene rings is 2. The monoisotopic (exact) mass is 315 g/mol. The first-order chi connectivity index (χ1) is 11.2. The summed E-state index contributed by atoms with van der Waals surface area (Å²) in [4.78, 5) is 11.3. The molecule has 0 atom stereocenters. The highest BCUT2D eigenvalue weighted by Gasteiger charge is 2.05. The molecule has 0 aliphatic carbocycles. The molecule has 0 amide bonds. The highest BCUT2D eigenvalue weighted by atomic mass is 16.7. The molecule has 4 nitrogen and oxygen atoms in total. The van der Waals surface area contributed by atoms with E-state index >= 15 is 0 Å². The minimum Gasteiger partial charge on any atom is -0.438 e. The van der Waals surface area contributed by atoms with Gasteiger partial charge in [-0.25, -0.2) is 0 Å². The normalized spacial score (nSPS) is 10.8. The predicted molar refractivity (Wildman–Crippen MR) is 93.1 cm³/mol. The Hall–Kier alpha value is -2.07. The van der Waals surface area contributed by atoms with Crippen molar-refractivity contribution in [2.24, 2.45) is 0 Å². The van der Waals surface area contributed by atoms with E-state index in [1.807, 2.05) is 12.1 Å². The van der Waals surface area contributed by atoms with Crippen molar-refractivity contribution in [1.29, 1.82) is 0 Å². The number of methoxy groups -OCH3 is 1. The first kappa shape index (κ1) is 17.3. The van der Waals surface area contributed by atoms with Crippen LogP contribution in [0.15, 0.2) is 36.4 Å². The second-order valence-electron chi connectivity index (χ2n) is 5.70. The molecule has 0 bridgehead atoms. The predicted octanol–water partition coefficient (Wildman–Crippen LogP) is 4.06. The quantitative estimate of drug-likeness (QED) is 0.328. The standard InChI is InChI=1S/C19H25NO3/c1-22-14-23-18(21)11-5-3-2-4-9-16-13-12-15-8-6-7-10-17(15)19(16)20/h6-8,10,12-13H,2-5,9,11,14,20H2,1H3. The molecular weight excluding hydrogens is 290 g/mol. The zero-order valence-electron chi connectivity index (χ0n) is 13.7. The maximum absolute atomic E-state index is 11.3. The number of nitrogens with two attached hydrogens (primary N) is 1. The summed E-state index contributed by atoms with van der Waals surface area (Å²) in [6, 6.07) is 12.5. The third-order valence-corrected chi connectivity index (χ3v) is 3.98. The Morgan fingerprint density at radius 2 is 1.83 bits per heavy atom. The maximum Gasteiger partial charge on any atom is 0.307 e. The molecule has 0 aliphatic rings. The number of anilines is 1. The molecule has 124 valence electrons. The van der Waals surface area contributed by atoms with Gasteiger partial charge in [0, 0.05) is 24.6 Å². The van der Waals surface area contributed by atoms with Crippen LogP contribution >= 0.6 is 0 Å². The second kappa shape index (κ2) is 9.16. The van der Waals surface area contributed by atoms with Crippen LogP contribution in [0.3, 0.4) is 0 Å². The third kappa shape index (κ3) is 5.25. The second-order valence-corrected chi connectivity index (χ2v) is 5.70. The van der Waals surface area contributed by atoms with Gasteiger partial charge < -0.3 is 15.2 Å². The van der Waals surface area contributed by atoms with Crippen molar-refractivity contribution >= 4 is 22.4 Å². The molecular formula is C19H25NO3. The molecule has 4 heteroatoms. The lowest BCUT2D eigenvalue weighted by Crippen LogP contribution is -2.06. The fraction of sp³-hybridized carbons (Fsp3) is 0.421. The van der Waals surface area contributed by atoms with Crippen molar-refractivity contribution in [1.82, 2.24) is 0 Å². The minimum absolute atomic E-state index is 0.0417. The number of hydrogen-bond donors (Lipinski definition) is 1. The van der Waals surface area contributed by atoms with E-state index in [-0.39, 0.29) is 12.8 Å². The molecule has 0 heterocycles. The first-order valence-corrected chi connectivity index (χ1v) is 8.13. The maximum atomic E-state index is 11.3. The molecule has 0 fully saturated rings. The van der Waals surface area contributed by atoms with Gasteiger partial charge in [0.05, 0.1) is 0 Å². The number of unbranched alkanes of at least 4 members (excludes halogenated alkanes) is 3. The molecule has 2 aromatic carbocycles. The van der Waals surface area contributed by atoms with Crippen LogP contribution in [0.25, 0.3) is 10.8 Å². The summed E-state index contributed by atoms with van der Waals surface area (Å²) < 4.78 is 9.54. The SMILES string of the molecule is COCOC(=O)CCCCCCc1ccc2ccccc2c1N. The van der Waals surface area contributed by atoms with Gasteiger partial charge in [-0.3, -0.25) is 4.79 Å². The summed E-state index contributed by atoms with van der Waals surface area (Å²) in [6.45, 7) is 0.0417. The van der Waals surface area contributed by atoms with Crippen LogP contribution < -0.4 is 5.73 Å². The number of aryl methyl sites for hydroxylation is 1. The number of rotatable bonds is 9. The van der Waals surface area contributed by atoms with Gasteiger partial charge in [0.2, 0.25) is 0 Å². The Kier molecular flexibility index (Phi) is 6.88. The van der Waals surface area contributed by atoms with Gasteiger partial charge >= 0.3 is 5.97 Å². The van der Waals surface area contributed by atoms with Crippen molar-refractivity contribution < 1.29 is 14.3 Å². The average Bonchev–Trinajstić information content (AvgIpc) is 2.58. The zero-order chi connectivity index (χ0) is 16.5. The fourth-order valence-corrected chi connectivity index (χ4v) is 2.69. The largest absolute Gasteiger partial charge is 0.438 e. The number of nitrogen functional groups attached to an aromatic ring is 1. The van der Waals surface area contributed by atoms with Crippen molar-refractivity contribution in [2.75, 3.05) is 19.6 Å². The summed E-state index contributed by atoms with van der Waals surface area (Å²) in [7, 11) is 1.51. The van der Waals surface area contributed by atoms with E-state index in [1.54, 1.807) is 0 Å². The van der Waals surface area contributed by atoms with E-state index in [0.717, 1.165) is 43.2 Å². The van der Waals surface area contributed by atoms with Crippen LogP contribution in [-0.2, 0) is 20.7 Å². The van der Waals surface area contributed by atoms with Crippen molar-refractivity contribution in [3.05, 3.63) is 42.0 Å². The number of hydrogen-bond acceptors (Lipinski definition) is 4. The van der Waals surface area contributed by atoms with E-state index in [1.165, 1.54) is 18.1 Å². The summed E-state index contributed by atoms with van der Waals surface area (Å²) in [5.41, 5.74) is 8.38. The number of carbonyl (C=O) groups excluding carboxylic acids is 1. The van der Waals surface area contributed by atoms with Crippen LogP contribution in [0.1, 0.15) is 37.7 Å². The van der Waals surface area contributed by atoms with E-state index in [0.29, 0.717) is 6.42 Å². The highest BCUT2D eigenvalue weighted by Crippen LogP contribution is 2.26. The summed E-state index contributed by atoms with van der Waals surface area (Å²) in [5.74, 6) is -0.189. The van der Waals surface area contributed by atoms with Gasteiger partial charge in [-0.2, -0.15) is 0 Å². The Morgan fingerprint density at radius 1 is 1.04 bits per heavy atom. The fourth-order valence-electron chi connectivity index (χ4n) is 2.69. The molecule has 2 rings (SSSR count). The number of esters is 1. The molecule has 0 aliphatic heterocycles. The Labute approximate surface area is 137 Å². The Morgan fingerprint density at radius 3 is 2.65 bits per heavy atom. The van der Waals surface area contributed by atoms with Gasteiger partial charge in [0.15, 0.2) is 6.79 Å².